The molecule has 0 radical (unpaired) electrons. The first-order valence-electron chi connectivity index (χ1n) is 9.44. The highest BCUT2D eigenvalue weighted by Gasteiger charge is 2.45. The van der Waals surface area contributed by atoms with Gasteiger partial charge in [0.15, 0.2) is 6.29 Å². The molecule has 0 bridgehead atoms. The third kappa shape index (κ3) is 7.58. The molecule has 1 saturated heterocycles. The molecule has 0 aliphatic carbocycles. The molecule has 5 unspecified atom stereocenters. The zero-order valence-corrected chi connectivity index (χ0v) is 16.7. The van der Waals surface area contributed by atoms with Crippen LogP contribution in [0.15, 0.2) is 30.3 Å². The van der Waals surface area contributed by atoms with Crippen LogP contribution in [0.3, 0.4) is 0 Å². The van der Waals surface area contributed by atoms with Gasteiger partial charge in [0, 0.05) is 13.0 Å². The van der Waals surface area contributed by atoms with Crippen LogP contribution in [-0.2, 0) is 28.5 Å². The van der Waals surface area contributed by atoms with Crippen LogP contribution >= 0.6 is 0 Å². The van der Waals surface area contributed by atoms with E-state index in [1.807, 2.05) is 0 Å². The Morgan fingerprint density at radius 3 is 2.32 bits per heavy atom. The number of carbonyl (C=O) groups is 2. The largest absolute Gasteiger partial charge is 0.508 e. The van der Waals surface area contributed by atoms with Crippen LogP contribution in [0.1, 0.15) is 12.5 Å². The van der Waals surface area contributed by atoms with Crippen LogP contribution in [0.5, 0.6) is 5.75 Å². The Balaban J connectivity index is 1.96. The van der Waals surface area contributed by atoms with E-state index in [0.717, 1.165) is 13.0 Å². The zero-order valence-electron chi connectivity index (χ0n) is 16.7. The first-order chi connectivity index (χ1) is 14.7. The molecule has 1 aromatic rings. The van der Waals surface area contributed by atoms with Crippen molar-refractivity contribution in [2.45, 2.75) is 43.7 Å². The molecular formula is C20H26O11. The molecule has 1 aromatic carbocycles. The maximum Gasteiger partial charge on any atom is 0.330 e. The van der Waals surface area contributed by atoms with Gasteiger partial charge in [0.25, 0.3) is 0 Å². The molecule has 1 fully saturated rings. The van der Waals surface area contributed by atoms with Crippen LogP contribution in [0, 0.1) is 0 Å². The van der Waals surface area contributed by atoms with E-state index >= 15 is 0 Å². The quantitative estimate of drug-likeness (QED) is 0.227. The summed E-state index contributed by atoms with van der Waals surface area (Å²) in [6.45, 7) is -0.214. The molecule has 0 aromatic heterocycles. The van der Waals surface area contributed by atoms with Crippen molar-refractivity contribution in [2.75, 3.05) is 19.8 Å². The van der Waals surface area contributed by atoms with Crippen molar-refractivity contribution in [1.82, 2.24) is 0 Å². The number of hydrogen-bond donors (Lipinski definition) is 5. The van der Waals surface area contributed by atoms with Crippen molar-refractivity contribution in [3.8, 4) is 5.75 Å². The number of rotatable bonds is 9. The molecule has 11 heteroatoms. The summed E-state index contributed by atoms with van der Waals surface area (Å²) in [5.74, 6) is -1.28. The van der Waals surface area contributed by atoms with Crippen molar-refractivity contribution >= 4 is 18.0 Å². The molecule has 172 valence electrons. The Morgan fingerprint density at radius 2 is 1.71 bits per heavy atom. The molecular weight excluding hydrogens is 416 g/mol. The van der Waals surface area contributed by atoms with Crippen molar-refractivity contribution in [2.24, 2.45) is 0 Å². The van der Waals surface area contributed by atoms with Gasteiger partial charge in [-0.3, -0.25) is 4.79 Å². The second kappa shape index (κ2) is 11.7. The summed E-state index contributed by atoms with van der Waals surface area (Å²) in [6.07, 6.45) is -6.02. The zero-order chi connectivity index (χ0) is 23.0. The van der Waals surface area contributed by atoms with Crippen molar-refractivity contribution < 1.29 is 54.1 Å². The summed E-state index contributed by atoms with van der Waals surface area (Å²) in [5.41, 5.74) is 0.642. The highest BCUT2D eigenvalue weighted by atomic mass is 16.7. The molecule has 0 saturated carbocycles. The van der Waals surface area contributed by atoms with Crippen LogP contribution < -0.4 is 0 Å². The molecule has 2 rings (SSSR count). The number of ether oxygens (including phenoxy) is 4. The monoisotopic (exact) mass is 442 g/mol. The fraction of sp³-hybridized carbons (Fsp3) is 0.500. The molecule has 0 spiro atoms. The Kier molecular flexibility index (Phi) is 9.37. The summed E-state index contributed by atoms with van der Waals surface area (Å²) >= 11 is 0. The van der Waals surface area contributed by atoms with E-state index in [1.165, 1.54) is 18.2 Å². The minimum atomic E-state index is -1.66. The topological polar surface area (TPSA) is 172 Å². The van der Waals surface area contributed by atoms with Gasteiger partial charge < -0.3 is 44.5 Å². The number of aliphatic hydroxyl groups excluding tert-OH is 4. The summed E-state index contributed by atoms with van der Waals surface area (Å²) in [7, 11) is 0. The van der Waals surface area contributed by atoms with Gasteiger partial charge in [-0.15, -0.1) is 0 Å². The first kappa shape index (κ1) is 24.7. The van der Waals surface area contributed by atoms with Crippen LogP contribution in [-0.4, -0.2) is 94.1 Å². The SMILES string of the molecule is CC(=O)OC[C@@H](COC(=O)/C=C/c1ccc(O)cc1)OC1OC(CO)C(O)C(O)C1O. The van der Waals surface area contributed by atoms with E-state index in [0.29, 0.717) is 5.56 Å². The molecule has 11 nitrogen and oxygen atoms in total. The number of aliphatic hydroxyl groups is 4. The summed E-state index contributed by atoms with van der Waals surface area (Å²) in [5, 5.41) is 48.2. The third-order valence-corrected chi connectivity index (χ3v) is 4.36. The van der Waals surface area contributed by atoms with Gasteiger partial charge in [-0.25, -0.2) is 4.79 Å². The number of phenols is 1. The van der Waals surface area contributed by atoms with Crippen LogP contribution in [0.25, 0.3) is 6.08 Å². The maximum absolute atomic E-state index is 12.0. The molecule has 5 N–H and O–H groups in total. The predicted molar refractivity (Wildman–Crippen MR) is 103 cm³/mol. The third-order valence-electron chi connectivity index (χ3n) is 4.36. The fourth-order valence-electron chi connectivity index (χ4n) is 2.68. The fourth-order valence-corrected chi connectivity index (χ4v) is 2.68. The molecule has 31 heavy (non-hydrogen) atoms. The lowest BCUT2D eigenvalue weighted by Gasteiger charge is -2.40. The van der Waals surface area contributed by atoms with Crippen molar-refractivity contribution in [3.05, 3.63) is 35.9 Å². The van der Waals surface area contributed by atoms with Crippen LogP contribution in [0.2, 0.25) is 0 Å². The molecule has 1 aliphatic heterocycles. The van der Waals surface area contributed by atoms with Gasteiger partial charge in [-0.1, -0.05) is 12.1 Å². The van der Waals surface area contributed by atoms with Crippen LogP contribution in [0.4, 0.5) is 0 Å². The second-order valence-electron chi connectivity index (χ2n) is 6.81. The van der Waals surface area contributed by atoms with Gasteiger partial charge in [-0.05, 0) is 23.8 Å². The van der Waals surface area contributed by atoms with E-state index in [-0.39, 0.29) is 19.0 Å². The number of esters is 2. The lowest BCUT2D eigenvalue weighted by molar-refractivity contribution is -0.315. The highest BCUT2D eigenvalue weighted by molar-refractivity contribution is 5.87. The van der Waals surface area contributed by atoms with Crippen molar-refractivity contribution in [3.63, 3.8) is 0 Å². The minimum Gasteiger partial charge on any atom is -0.508 e. The number of benzene rings is 1. The number of hydrogen-bond acceptors (Lipinski definition) is 11. The smallest absolute Gasteiger partial charge is 0.330 e. The Bertz CT molecular complexity index is 746. The van der Waals surface area contributed by atoms with E-state index in [4.69, 9.17) is 18.9 Å². The number of aromatic hydroxyl groups is 1. The van der Waals surface area contributed by atoms with Gasteiger partial charge >= 0.3 is 11.9 Å². The minimum absolute atomic E-state index is 0.0818. The predicted octanol–water partition coefficient (Wildman–Crippen LogP) is -1.30. The summed E-state index contributed by atoms with van der Waals surface area (Å²) in [4.78, 5) is 23.1. The second-order valence-corrected chi connectivity index (χ2v) is 6.81. The Labute approximate surface area is 178 Å². The van der Waals surface area contributed by atoms with Gasteiger partial charge in [-0.2, -0.15) is 0 Å². The summed E-state index contributed by atoms with van der Waals surface area (Å²) < 4.78 is 20.6. The maximum atomic E-state index is 12.0. The van der Waals surface area contributed by atoms with E-state index in [1.54, 1.807) is 12.1 Å². The van der Waals surface area contributed by atoms with E-state index in [2.05, 4.69) is 0 Å². The standard InChI is InChI=1S/C20H26O11/c1-11(22)28-9-14(30-20-19(27)18(26)17(25)15(8-21)31-20)10-29-16(24)7-4-12-2-5-13(23)6-3-12/h2-7,14-15,17-21,23,25-27H,8-10H2,1H3/b7-4+/t14-,15?,17?,18?,19?,20?/m0/s1. The molecule has 1 heterocycles. The van der Waals surface area contributed by atoms with Gasteiger partial charge in [0.05, 0.1) is 6.61 Å². The Hall–Kier alpha value is -2.54. The molecule has 6 atom stereocenters. The van der Waals surface area contributed by atoms with Gasteiger partial charge in [0.1, 0.15) is 49.5 Å². The molecule has 1 aliphatic rings. The van der Waals surface area contributed by atoms with Crippen molar-refractivity contribution in [1.29, 1.82) is 0 Å². The summed E-state index contributed by atoms with van der Waals surface area (Å²) in [6, 6.07) is 6.08. The molecule has 0 amide bonds. The van der Waals surface area contributed by atoms with Gasteiger partial charge in [0.2, 0.25) is 0 Å². The van der Waals surface area contributed by atoms with E-state index in [9.17, 15) is 35.1 Å². The normalized spacial score (nSPS) is 27.1. The lowest BCUT2D eigenvalue weighted by Crippen LogP contribution is -2.60. The average Bonchev–Trinajstić information content (AvgIpc) is 2.75. The lowest BCUT2D eigenvalue weighted by atomic mass is 9.99. The number of carbonyl (C=O) groups excluding carboxylic acids is 2. The average molecular weight is 442 g/mol. The Morgan fingerprint density at radius 1 is 1.06 bits per heavy atom. The van der Waals surface area contributed by atoms with E-state index < -0.39 is 55.4 Å². The first-order valence-corrected chi connectivity index (χ1v) is 9.44. The number of phenolic OH excluding ortho intramolecular Hbond substituents is 1. The highest BCUT2D eigenvalue weighted by Crippen LogP contribution is 2.23.